The Morgan fingerprint density at radius 3 is 2.26 bits per heavy atom. The average Bonchev–Trinajstić information content (AvgIpc) is 2.64. The molecular weight excluding hydrogens is 238 g/mol. The lowest BCUT2D eigenvalue weighted by Crippen LogP contribution is -1.99. The van der Waals surface area contributed by atoms with Gasteiger partial charge in [0.1, 0.15) is 11.5 Å². The van der Waals surface area contributed by atoms with Gasteiger partial charge in [-0.25, -0.2) is 0 Å². The second-order valence-electron chi connectivity index (χ2n) is 4.69. The van der Waals surface area contributed by atoms with Crippen molar-refractivity contribution in [1.82, 2.24) is 0 Å². The van der Waals surface area contributed by atoms with Crippen molar-refractivity contribution in [3.05, 3.63) is 53.1 Å². The Labute approximate surface area is 113 Å². The highest BCUT2D eigenvalue weighted by Crippen LogP contribution is 2.30. The molecule has 1 aliphatic rings. The molecule has 0 saturated carbocycles. The van der Waals surface area contributed by atoms with Crippen molar-refractivity contribution in [3.8, 4) is 11.5 Å². The van der Waals surface area contributed by atoms with Gasteiger partial charge in [0.25, 0.3) is 0 Å². The molecule has 0 spiro atoms. The van der Waals surface area contributed by atoms with Gasteiger partial charge in [-0.3, -0.25) is 0 Å². The number of hydrogen-bond donors (Lipinski definition) is 1. The van der Waals surface area contributed by atoms with Crippen LogP contribution in [0.25, 0.3) is 0 Å². The highest BCUT2D eigenvalue weighted by atomic mass is 16.5. The van der Waals surface area contributed by atoms with Gasteiger partial charge in [0.2, 0.25) is 0 Å². The summed E-state index contributed by atoms with van der Waals surface area (Å²) in [5.41, 5.74) is 5.06. The van der Waals surface area contributed by atoms with Crippen molar-refractivity contribution in [2.75, 3.05) is 19.5 Å². The van der Waals surface area contributed by atoms with E-state index in [0.29, 0.717) is 0 Å². The molecule has 0 fully saturated rings. The van der Waals surface area contributed by atoms with E-state index in [1.807, 2.05) is 12.1 Å². The number of fused-ring (bicyclic) bond motifs is 2. The predicted molar refractivity (Wildman–Crippen MR) is 76.1 cm³/mol. The van der Waals surface area contributed by atoms with Gasteiger partial charge in [-0.15, -0.1) is 0 Å². The van der Waals surface area contributed by atoms with E-state index in [-0.39, 0.29) is 0 Å². The molecule has 3 rings (SSSR count). The van der Waals surface area contributed by atoms with Crippen LogP contribution in [0.1, 0.15) is 16.7 Å². The van der Waals surface area contributed by atoms with Crippen molar-refractivity contribution in [3.63, 3.8) is 0 Å². The Kier molecular flexibility index (Phi) is 3.03. The molecule has 19 heavy (non-hydrogen) atoms. The Morgan fingerprint density at radius 2 is 1.53 bits per heavy atom. The topological polar surface area (TPSA) is 30.5 Å². The van der Waals surface area contributed by atoms with E-state index < -0.39 is 0 Å². The van der Waals surface area contributed by atoms with Crippen LogP contribution >= 0.6 is 0 Å². The number of benzene rings is 2. The number of nitrogens with one attached hydrogen (secondary N) is 1. The molecule has 0 aromatic heterocycles. The number of anilines is 1. The van der Waals surface area contributed by atoms with Crippen LogP contribution in [0.15, 0.2) is 36.4 Å². The number of methoxy groups -OCH3 is 2. The first-order chi connectivity index (χ1) is 9.30. The first-order valence-electron chi connectivity index (χ1n) is 6.37. The van der Waals surface area contributed by atoms with Crippen LogP contribution in [0.2, 0.25) is 0 Å². The standard InChI is InChI=1S/C16H17NO2/c1-18-14-6-4-12-10-17-16-9-15(19-2)5-3-11(16)7-13(12)8-14/h3-6,8-9,17H,7,10H2,1-2H3. The molecule has 2 aromatic rings. The maximum atomic E-state index is 5.31. The molecule has 0 amide bonds. The van der Waals surface area contributed by atoms with E-state index in [9.17, 15) is 0 Å². The van der Waals surface area contributed by atoms with Gasteiger partial charge in [0, 0.05) is 18.3 Å². The Hall–Kier alpha value is -2.16. The van der Waals surface area contributed by atoms with Crippen LogP contribution in [0.3, 0.4) is 0 Å². The molecule has 2 aromatic carbocycles. The smallest absolute Gasteiger partial charge is 0.120 e. The monoisotopic (exact) mass is 255 g/mol. The van der Waals surface area contributed by atoms with Crippen molar-refractivity contribution in [2.24, 2.45) is 0 Å². The van der Waals surface area contributed by atoms with Crippen molar-refractivity contribution >= 4 is 5.69 Å². The molecule has 3 nitrogen and oxygen atoms in total. The van der Waals surface area contributed by atoms with Gasteiger partial charge in [0.15, 0.2) is 0 Å². The minimum atomic E-state index is 0.833. The molecule has 0 atom stereocenters. The van der Waals surface area contributed by atoms with Gasteiger partial charge in [-0.05, 0) is 41.3 Å². The van der Waals surface area contributed by atoms with Crippen LogP contribution in [-0.4, -0.2) is 14.2 Å². The Morgan fingerprint density at radius 1 is 0.842 bits per heavy atom. The van der Waals surface area contributed by atoms with Crippen LogP contribution in [-0.2, 0) is 13.0 Å². The predicted octanol–water partition coefficient (Wildman–Crippen LogP) is 3.22. The fourth-order valence-electron chi connectivity index (χ4n) is 2.46. The number of ether oxygens (including phenoxy) is 2. The SMILES string of the molecule is COc1ccc2c(c1)Cc1ccc(OC)cc1NC2. The summed E-state index contributed by atoms with van der Waals surface area (Å²) in [5, 5.41) is 3.47. The van der Waals surface area contributed by atoms with E-state index in [1.165, 1.54) is 16.7 Å². The van der Waals surface area contributed by atoms with Gasteiger partial charge in [0.05, 0.1) is 14.2 Å². The molecule has 1 heterocycles. The van der Waals surface area contributed by atoms with E-state index in [4.69, 9.17) is 9.47 Å². The van der Waals surface area contributed by atoms with Gasteiger partial charge in [-0.2, -0.15) is 0 Å². The largest absolute Gasteiger partial charge is 0.497 e. The number of rotatable bonds is 2. The van der Waals surface area contributed by atoms with Crippen LogP contribution in [0.4, 0.5) is 5.69 Å². The minimum absolute atomic E-state index is 0.833. The average molecular weight is 255 g/mol. The van der Waals surface area contributed by atoms with Crippen LogP contribution in [0.5, 0.6) is 11.5 Å². The normalized spacial score (nSPS) is 12.7. The fraction of sp³-hybridized carbons (Fsp3) is 0.250. The summed E-state index contributed by atoms with van der Waals surface area (Å²) in [5.74, 6) is 1.80. The maximum absolute atomic E-state index is 5.31. The summed E-state index contributed by atoms with van der Waals surface area (Å²) in [4.78, 5) is 0. The quantitative estimate of drug-likeness (QED) is 0.893. The summed E-state index contributed by atoms with van der Waals surface area (Å²) in [6.07, 6.45) is 0.916. The fourth-order valence-corrected chi connectivity index (χ4v) is 2.46. The summed E-state index contributed by atoms with van der Waals surface area (Å²) in [6.45, 7) is 0.833. The lowest BCUT2D eigenvalue weighted by atomic mass is 10.0. The van der Waals surface area contributed by atoms with Gasteiger partial charge < -0.3 is 14.8 Å². The first-order valence-corrected chi connectivity index (χ1v) is 6.37. The third kappa shape index (κ3) is 2.24. The molecule has 3 heteroatoms. The van der Waals surface area contributed by atoms with Crippen LogP contribution in [0, 0.1) is 0 Å². The Bertz CT molecular complexity index is 608. The summed E-state index contributed by atoms with van der Waals surface area (Å²) in [7, 11) is 3.40. The zero-order valence-electron chi connectivity index (χ0n) is 11.2. The molecule has 0 saturated heterocycles. The molecule has 0 radical (unpaired) electrons. The lowest BCUT2D eigenvalue weighted by molar-refractivity contribution is 0.414. The molecule has 1 N–H and O–H groups in total. The molecule has 0 aliphatic carbocycles. The Balaban J connectivity index is 2.01. The van der Waals surface area contributed by atoms with Crippen molar-refractivity contribution in [1.29, 1.82) is 0 Å². The van der Waals surface area contributed by atoms with Crippen molar-refractivity contribution < 1.29 is 9.47 Å². The molecule has 0 bridgehead atoms. The maximum Gasteiger partial charge on any atom is 0.120 e. The van der Waals surface area contributed by atoms with Crippen molar-refractivity contribution in [2.45, 2.75) is 13.0 Å². The molecule has 98 valence electrons. The van der Waals surface area contributed by atoms with Gasteiger partial charge >= 0.3 is 0 Å². The first kappa shape index (κ1) is 11.9. The highest BCUT2D eigenvalue weighted by molar-refractivity contribution is 5.59. The van der Waals surface area contributed by atoms with Crippen LogP contribution < -0.4 is 14.8 Å². The zero-order valence-corrected chi connectivity index (χ0v) is 11.2. The second kappa shape index (κ2) is 4.84. The number of hydrogen-bond acceptors (Lipinski definition) is 3. The second-order valence-corrected chi connectivity index (χ2v) is 4.69. The minimum Gasteiger partial charge on any atom is -0.497 e. The van der Waals surface area contributed by atoms with E-state index >= 15 is 0 Å². The van der Waals surface area contributed by atoms with Gasteiger partial charge in [-0.1, -0.05) is 12.1 Å². The highest BCUT2D eigenvalue weighted by Gasteiger charge is 2.14. The lowest BCUT2D eigenvalue weighted by Gasteiger charge is -2.09. The van der Waals surface area contributed by atoms with E-state index in [2.05, 4.69) is 29.6 Å². The molecule has 0 unspecified atom stereocenters. The zero-order chi connectivity index (χ0) is 13.2. The third-order valence-corrected chi connectivity index (χ3v) is 3.58. The molecule has 1 aliphatic heterocycles. The third-order valence-electron chi connectivity index (χ3n) is 3.58. The van der Waals surface area contributed by atoms with E-state index in [1.54, 1.807) is 14.2 Å². The van der Waals surface area contributed by atoms with E-state index in [0.717, 1.165) is 30.2 Å². The summed E-state index contributed by atoms with van der Waals surface area (Å²) >= 11 is 0. The summed E-state index contributed by atoms with van der Waals surface area (Å²) < 4.78 is 10.6. The summed E-state index contributed by atoms with van der Waals surface area (Å²) in [6, 6.07) is 12.4. The molecular formula is C16H17NO2.